The van der Waals surface area contributed by atoms with Crippen LogP contribution in [0.2, 0.25) is 0 Å². The predicted octanol–water partition coefficient (Wildman–Crippen LogP) is -0.809. The van der Waals surface area contributed by atoms with Gasteiger partial charge >= 0.3 is 11.9 Å². The summed E-state index contributed by atoms with van der Waals surface area (Å²) in [5, 5.41) is 18.2. The Hall–Kier alpha value is -1.88. The summed E-state index contributed by atoms with van der Waals surface area (Å²) in [6, 6.07) is 0. The first kappa shape index (κ1) is 27.1. The molecule has 0 aliphatic carbocycles. The Morgan fingerprint density at radius 2 is 1.00 bits per heavy atom. The van der Waals surface area contributed by atoms with Gasteiger partial charge in [-0.3, -0.25) is 34.0 Å². The number of aliphatic carboxylic acids is 2. The number of carbonyl (C=O) groups is 4. The van der Waals surface area contributed by atoms with Crippen molar-refractivity contribution < 1.29 is 29.4 Å². The summed E-state index contributed by atoms with van der Waals surface area (Å²) in [4.78, 5) is 52.1. The van der Waals surface area contributed by atoms with Gasteiger partial charge in [-0.1, -0.05) is 13.8 Å². The minimum Gasteiger partial charge on any atom is -0.480 e. The highest BCUT2D eigenvalue weighted by molar-refractivity contribution is 5.77. The van der Waals surface area contributed by atoms with Crippen LogP contribution in [0.4, 0.5) is 0 Å². The zero-order chi connectivity index (χ0) is 22.2. The van der Waals surface area contributed by atoms with Crippen LogP contribution in [-0.2, 0) is 19.2 Å². The van der Waals surface area contributed by atoms with Crippen molar-refractivity contribution in [2.45, 2.75) is 20.8 Å². The van der Waals surface area contributed by atoms with Gasteiger partial charge in [0.05, 0.1) is 26.2 Å². The summed E-state index contributed by atoms with van der Waals surface area (Å²) in [5.41, 5.74) is 0. The van der Waals surface area contributed by atoms with Crippen molar-refractivity contribution in [2.75, 3.05) is 78.5 Å². The Morgan fingerprint density at radius 1 is 0.690 bits per heavy atom. The number of ketones is 1. The zero-order valence-corrected chi connectivity index (χ0v) is 17.9. The van der Waals surface area contributed by atoms with Gasteiger partial charge in [0, 0.05) is 52.4 Å². The summed E-state index contributed by atoms with van der Waals surface area (Å²) in [7, 11) is 0. The fraction of sp³-hybridized carbons (Fsp3) is 0.789. The topological polar surface area (TPSA) is 122 Å². The number of carbonyl (C=O) groups excluding carboxylic acids is 2. The summed E-state index contributed by atoms with van der Waals surface area (Å²) < 4.78 is 0. The molecule has 2 N–H and O–H groups in total. The molecule has 1 saturated heterocycles. The largest absolute Gasteiger partial charge is 0.480 e. The second-order valence-electron chi connectivity index (χ2n) is 6.79. The molecule has 0 atom stereocenters. The smallest absolute Gasteiger partial charge is 0.317 e. The van der Waals surface area contributed by atoms with Gasteiger partial charge in [-0.2, -0.15) is 0 Å². The minimum absolute atomic E-state index is 0.00817. The van der Waals surface area contributed by atoms with E-state index in [1.165, 1.54) is 6.92 Å². The summed E-state index contributed by atoms with van der Waals surface area (Å²) >= 11 is 0. The molecular formula is C19H36N4O6. The molecule has 0 amide bonds. The minimum atomic E-state index is -0.921. The predicted molar refractivity (Wildman–Crippen MR) is 109 cm³/mol. The van der Waals surface area contributed by atoms with Crippen LogP contribution in [0.3, 0.4) is 0 Å². The maximum atomic E-state index is 11.5. The highest BCUT2D eigenvalue weighted by Crippen LogP contribution is 2.01. The van der Waals surface area contributed by atoms with E-state index in [2.05, 4.69) is 0 Å². The maximum absolute atomic E-state index is 11.5. The van der Waals surface area contributed by atoms with Crippen LogP contribution < -0.4 is 0 Å². The van der Waals surface area contributed by atoms with E-state index in [1.54, 1.807) is 9.80 Å². The van der Waals surface area contributed by atoms with Crippen LogP contribution in [0.25, 0.3) is 0 Å². The second-order valence-corrected chi connectivity index (χ2v) is 6.79. The monoisotopic (exact) mass is 416 g/mol. The SMILES string of the molecule is CC.CC(=O)CN1CCN(CC(=O)O)CCN(CC=O)CCN(CC(=O)O)CC1. The normalized spacial score (nSPS) is 18.6. The van der Waals surface area contributed by atoms with Crippen LogP contribution >= 0.6 is 0 Å². The third kappa shape index (κ3) is 13.9. The molecule has 1 aliphatic rings. The van der Waals surface area contributed by atoms with Gasteiger partial charge in [0.2, 0.25) is 0 Å². The summed E-state index contributed by atoms with van der Waals surface area (Å²) in [5.74, 6) is -1.83. The van der Waals surface area contributed by atoms with Crippen LogP contribution in [0.15, 0.2) is 0 Å². The molecule has 1 rings (SSSR count). The summed E-state index contributed by atoms with van der Waals surface area (Å²) in [6.45, 7) is 9.74. The first-order valence-electron chi connectivity index (χ1n) is 10.1. The molecule has 168 valence electrons. The van der Waals surface area contributed by atoms with Gasteiger partial charge in [0.25, 0.3) is 0 Å². The van der Waals surface area contributed by atoms with Gasteiger partial charge in [0.15, 0.2) is 0 Å². The molecule has 0 unspecified atom stereocenters. The standard InChI is InChI=1S/C17H30N4O6.C2H6/c1-15(23)12-19-6-8-20(13-16(24)25)4-2-18(10-11-22)3-5-21(9-7-19)14-17(26)27;1-2/h11H,2-10,12-14H2,1H3,(H,24,25)(H,26,27);1-2H3. The molecule has 1 fully saturated rings. The Labute approximate surface area is 173 Å². The van der Waals surface area contributed by atoms with Gasteiger partial charge in [-0.25, -0.2) is 0 Å². The lowest BCUT2D eigenvalue weighted by atomic mass is 10.3. The average Bonchev–Trinajstić information content (AvgIpc) is 2.64. The third-order valence-corrected chi connectivity index (χ3v) is 4.43. The molecule has 1 aliphatic heterocycles. The van der Waals surface area contributed by atoms with E-state index in [9.17, 15) is 19.2 Å². The van der Waals surface area contributed by atoms with E-state index < -0.39 is 11.9 Å². The quantitative estimate of drug-likeness (QED) is 0.486. The fourth-order valence-electron chi connectivity index (χ4n) is 3.04. The lowest BCUT2D eigenvalue weighted by molar-refractivity contribution is -0.139. The van der Waals surface area contributed by atoms with Crippen molar-refractivity contribution in [2.24, 2.45) is 0 Å². The number of Topliss-reactive ketones (excluding diaryl/α,β-unsaturated/α-hetero) is 1. The first-order valence-corrected chi connectivity index (χ1v) is 10.1. The Kier molecular flexibility index (Phi) is 14.9. The van der Waals surface area contributed by atoms with Crippen molar-refractivity contribution in [1.82, 2.24) is 19.6 Å². The molecular weight excluding hydrogens is 380 g/mol. The number of carboxylic acid groups (broad SMARTS) is 2. The van der Waals surface area contributed by atoms with Crippen molar-refractivity contribution in [1.29, 1.82) is 0 Å². The van der Waals surface area contributed by atoms with E-state index >= 15 is 0 Å². The van der Waals surface area contributed by atoms with E-state index in [1.807, 2.05) is 23.6 Å². The number of hydrogen-bond donors (Lipinski definition) is 2. The number of hydrogen-bond acceptors (Lipinski definition) is 8. The Balaban J connectivity index is 0.00000379. The van der Waals surface area contributed by atoms with E-state index in [0.717, 1.165) is 6.29 Å². The summed E-state index contributed by atoms with van der Waals surface area (Å²) in [6.07, 6.45) is 0.795. The van der Waals surface area contributed by atoms with Gasteiger partial charge in [-0.05, 0) is 6.92 Å². The number of aldehydes is 1. The lowest BCUT2D eigenvalue weighted by Gasteiger charge is -2.32. The van der Waals surface area contributed by atoms with E-state index in [4.69, 9.17) is 10.2 Å². The number of rotatable bonds is 8. The zero-order valence-electron chi connectivity index (χ0n) is 17.9. The molecule has 0 radical (unpaired) electrons. The van der Waals surface area contributed by atoms with Crippen molar-refractivity contribution in [3.05, 3.63) is 0 Å². The average molecular weight is 417 g/mol. The van der Waals surface area contributed by atoms with Crippen molar-refractivity contribution in [3.8, 4) is 0 Å². The van der Waals surface area contributed by atoms with Crippen molar-refractivity contribution >= 4 is 24.0 Å². The van der Waals surface area contributed by atoms with Gasteiger partial charge in [0.1, 0.15) is 12.1 Å². The molecule has 29 heavy (non-hydrogen) atoms. The molecule has 0 aromatic carbocycles. The fourth-order valence-corrected chi connectivity index (χ4v) is 3.04. The Morgan fingerprint density at radius 3 is 1.28 bits per heavy atom. The third-order valence-electron chi connectivity index (χ3n) is 4.43. The molecule has 1 heterocycles. The van der Waals surface area contributed by atoms with Crippen LogP contribution in [0.1, 0.15) is 20.8 Å². The lowest BCUT2D eigenvalue weighted by Crippen LogP contribution is -2.48. The number of nitrogens with zero attached hydrogens (tertiary/aromatic N) is 4. The van der Waals surface area contributed by atoms with Crippen LogP contribution in [0.5, 0.6) is 0 Å². The molecule has 0 bridgehead atoms. The number of carboxylic acids is 2. The first-order chi connectivity index (χ1) is 13.8. The molecule has 0 saturated carbocycles. The highest BCUT2D eigenvalue weighted by Gasteiger charge is 2.19. The van der Waals surface area contributed by atoms with Gasteiger partial charge in [-0.15, -0.1) is 0 Å². The molecule has 0 aromatic rings. The van der Waals surface area contributed by atoms with Crippen LogP contribution in [0, 0.1) is 0 Å². The molecule has 10 heteroatoms. The molecule has 0 aromatic heterocycles. The maximum Gasteiger partial charge on any atom is 0.317 e. The molecule has 10 nitrogen and oxygen atoms in total. The van der Waals surface area contributed by atoms with E-state index in [-0.39, 0.29) is 32.0 Å². The Bertz CT molecular complexity index is 485. The van der Waals surface area contributed by atoms with Crippen LogP contribution in [-0.4, -0.2) is 132 Å². The highest BCUT2D eigenvalue weighted by atomic mass is 16.4. The van der Waals surface area contributed by atoms with Gasteiger partial charge < -0.3 is 15.0 Å². The second kappa shape index (κ2) is 16.0. The molecule has 0 spiro atoms. The van der Waals surface area contributed by atoms with E-state index in [0.29, 0.717) is 52.4 Å². The van der Waals surface area contributed by atoms with Crippen molar-refractivity contribution in [3.63, 3.8) is 0 Å².